The minimum Gasteiger partial charge on any atom is -0.481 e. The third-order valence-corrected chi connectivity index (χ3v) is 4.42. The van der Waals surface area contributed by atoms with Gasteiger partial charge in [0, 0.05) is 17.2 Å². The van der Waals surface area contributed by atoms with Gasteiger partial charge in [-0.25, -0.2) is 14.5 Å². The van der Waals surface area contributed by atoms with Gasteiger partial charge in [0.15, 0.2) is 0 Å². The fourth-order valence-electron chi connectivity index (χ4n) is 2.87. The van der Waals surface area contributed by atoms with Crippen LogP contribution in [0.3, 0.4) is 0 Å². The maximum atomic E-state index is 11.9. The number of hydrogen-bond donors (Lipinski definition) is 1. The normalized spacial score (nSPS) is 11.1. The standard InChI is InChI=1S/C24H28N4O3/c1-16(2)20-13-21(28(27-20)19-11-12-22(30-6)25-14-19)18-9-7-17(8-10-18)15-31-23(29)26-24(3,4)5/h7-14H,1,15H2,2-6H3,(H,26,29). The molecule has 0 bridgehead atoms. The smallest absolute Gasteiger partial charge is 0.407 e. The van der Waals surface area contributed by atoms with Gasteiger partial charge >= 0.3 is 6.09 Å². The van der Waals surface area contributed by atoms with Crippen molar-refractivity contribution in [3.8, 4) is 22.8 Å². The lowest BCUT2D eigenvalue weighted by Crippen LogP contribution is -2.40. The summed E-state index contributed by atoms with van der Waals surface area (Å²) in [6.07, 6.45) is 1.28. The number of rotatable bonds is 6. The molecule has 0 atom stereocenters. The van der Waals surface area contributed by atoms with Crippen LogP contribution in [0.1, 0.15) is 39.0 Å². The summed E-state index contributed by atoms with van der Waals surface area (Å²) in [5, 5.41) is 7.46. The van der Waals surface area contributed by atoms with E-state index in [2.05, 4.69) is 22.0 Å². The number of hydrogen-bond acceptors (Lipinski definition) is 5. The van der Waals surface area contributed by atoms with E-state index in [1.807, 2.05) is 68.8 Å². The second kappa shape index (κ2) is 9.04. The molecule has 0 saturated carbocycles. The SMILES string of the molecule is C=C(C)c1cc(-c2ccc(COC(=O)NC(C)(C)C)cc2)n(-c2ccc(OC)nc2)n1. The van der Waals surface area contributed by atoms with Crippen molar-refractivity contribution in [1.82, 2.24) is 20.1 Å². The molecule has 0 aliphatic heterocycles. The molecule has 162 valence electrons. The zero-order valence-electron chi connectivity index (χ0n) is 18.6. The summed E-state index contributed by atoms with van der Waals surface area (Å²) in [6, 6.07) is 13.5. The van der Waals surface area contributed by atoms with Crippen LogP contribution in [0, 0.1) is 0 Å². The summed E-state index contributed by atoms with van der Waals surface area (Å²) in [5.41, 5.74) is 4.92. The third kappa shape index (κ3) is 5.72. The first-order valence-electron chi connectivity index (χ1n) is 9.97. The quantitative estimate of drug-likeness (QED) is 0.607. The van der Waals surface area contributed by atoms with Crippen molar-refractivity contribution in [2.45, 2.75) is 39.8 Å². The Labute approximate surface area is 182 Å². The van der Waals surface area contributed by atoms with E-state index in [-0.39, 0.29) is 12.1 Å². The van der Waals surface area contributed by atoms with Crippen molar-refractivity contribution in [1.29, 1.82) is 0 Å². The molecule has 0 aliphatic rings. The number of ether oxygens (including phenoxy) is 2. The molecule has 0 radical (unpaired) electrons. The number of aromatic nitrogens is 3. The van der Waals surface area contributed by atoms with E-state index in [4.69, 9.17) is 9.47 Å². The van der Waals surface area contributed by atoms with E-state index in [9.17, 15) is 4.79 Å². The molecule has 0 aliphatic carbocycles. The predicted octanol–water partition coefficient (Wildman–Crippen LogP) is 5.00. The van der Waals surface area contributed by atoms with E-state index in [1.54, 1.807) is 19.4 Å². The van der Waals surface area contributed by atoms with Crippen LogP contribution in [0.4, 0.5) is 4.79 Å². The van der Waals surface area contributed by atoms with E-state index in [1.165, 1.54) is 0 Å². The van der Waals surface area contributed by atoms with E-state index >= 15 is 0 Å². The van der Waals surface area contributed by atoms with Crippen molar-refractivity contribution in [2.75, 3.05) is 7.11 Å². The Balaban J connectivity index is 1.83. The van der Waals surface area contributed by atoms with Crippen molar-refractivity contribution in [2.24, 2.45) is 0 Å². The highest BCUT2D eigenvalue weighted by molar-refractivity contribution is 5.69. The lowest BCUT2D eigenvalue weighted by Gasteiger charge is -2.19. The van der Waals surface area contributed by atoms with Crippen LogP contribution in [0.2, 0.25) is 0 Å². The number of benzene rings is 1. The fourth-order valence-corrected chi connectivity index (χ4v) is 2.87. The van der Waals surface area contributed by atoms with Gasteiger partial charge in [0.1, 0.15) is 6.61 Å². The van der Waals surface area contributed by atoms with Crippen LogP contribution < -0.4 is 10.1 Å². The summed E-state index contributed by atoms with van der Waals surface area (Å²) in [4.78, 5) is 16.1. The number of carbonyl (C=O) groups is 1. The Morgan fingerprint density at radius 3 is 2.42 bits per heavy atom. The first-order valence-corrected chi connectivity index (χ1v) is 9.97. The molecule has 3 rings (SSSR count). The van der Waals surface area contributed by atoms with Gasteiger partial charge in [-0.2, -0.15) is 5.10 Å². The lowest BCUT2D eigenvalue weighted by atomic mass is 10.1. The molecule has 2 aromatic heterocycles. The number of allylic oxidation sites excluding steroid dienone is 1. The van der Waals surface area contributed by atoms with E-state index < -0.39 is 6.09 Å². The summed E-state index contributed by atoms with van der Waals surface area (Å²) in [5.74, 6) is 0.539. The van der Waals surface area contributed by atoms with Crippen LogP contribution in [0.5, 0.6) is 5.88 Å². The van der Waals surface area contributed by atoms with Crippen LogP contribution >= 0.6 is 0 Å². The number of alkyl carbamates (subject to hydrolysis) is 1. The third-order valence-electron chi connectivity index (χ3n) is 4.42. The monoisotopic (exact) mass is 420 g/mol. The van der Waals surface area contributed by atoms with Gasteiger partial charge in [-0.15, -0.1) is 0 Å². The van der Waals surface area contributed by atoms with Crippen LogP contribution in [0.25, 0.3) is 22.5 Å². The average molecular weight is 421 g/mol. The second-order valence-electron chi connectivity index (χ2n) is 8.31. The fraction of sp³-hybridized carbons (Fsp3) is 0.292. The summed E-state index contributed by atoms with van der Waals surface area (Å²) in [6.45, 7) is 11.8. The van der Waals surface area contributed by atoms with Gasteiger partial charge in [-0.05, 0) is 51.0 Å². The zero-order chi connectivity index (χ0) is 22.6. The minimum atomic E-state index is -0.437. The Kier molecular flexibility index (Phi) is 6.44. The molecule has 31 heavy (non-hydrogen) atoms. The van der Waals surface area contributed by atoms with Crippen molar-refractivity contribution < 1.29 is 14.3 Å². The van der Waals surface area contributed by atoms with Crippen molar-refractivity contribution in [3.63, 3.8) is 0 Å². The molecule has 1 amide bonds. The number of nitrogens with zero attached hydrogens (tertiary/aromatic N) is 3. The molecule has 1 N–H and O–H groups in total. The first-order chi connectivity index (χ1) is 14.7. The van der Waals surface area contributed by atoms with Crippen molar-refractivity contribution >= 4 is 11.7 Å². The number of carbonyl (C=O) groups excluding carboxylic acids is 1. The second-order valence-corrected chi connectivity index (χ2v) is 8.31. The molecule has 7 heteroatoms. The van der Waals surface area contributed by atoms with Crippen LogP contribution in [-0.4, -0.2) is 33.5 Å². The lowest BCUT2D eigenvalue weighted by molar-refractivity contribution is 0.131. The molecule has 0 saturated heterocycles. The van der Waals surface area contributed by atoms with E-state index in [0.29, 0.717) is 5.88 Å². The van der Waals surface area contributed by atoms with Gasteiger partial charge in [0.2, 0.25) is 5.88 Å². The summed E-state index contributed by atoms with van der Waals surface area (Å²) in [7, 11) is 1.58. The molecular weight excluding hydrogens is 392 g/mol. The van der Waals surface area contributed by atoms with Gasteiger partial charge in [-0.3, -0.25) is 0 Å². The van der Waals surface area contributed by atoms with Gasteiger partial charge in [0.05, 0.1) is 30.4 Å². The first kappa shape index (κ1) is 22.1. The molecule has 7 nitrogen and oxygen atoms in total. The average Bonchev–Trinajstić information content (AvgIpc) is 3.17. The van der Waals surface area contributed by atoms with Gasteiger partial charge in [0.25, 0.3) is 0 Å². The molecule has 3 aromatic rings. The Morgan fingerprint density at radius 2 is 1.87 bits per heavy atom. The molecule has 1 aromatic carbocycles. The largest absolute Gasteiger partial charge is 0.481 e. The minimum absolute atomic E-state index is 0.195. The Morgan fingerprint density at radius 1 is 1.16 bits per heavy atom. The van der Waals surface area contributed by atoms with Crippen LogP contribution in [-0.2, 0) is 11.3 Å². The highest BCUT2D eigenvalue weighted by atomic mass is 16.5. The molecular formula is C24H28N4O3. The molecule has 0 fully saturated rings. The maximum absolute atomic E-state index is 11.9. The van der Waals surface area contributed by atoms with Gasteiger partial charge in [-0.1, -0.05) is 30.8 Å². The predicted molar refractivity (Wildman–Crippen MR) is 121 cm³/mol. The highest BCUT2D eigenvalue weighted by Gasteiger charge is 2.15. The number of nitrogens with one attached hydrogen (secondary N) is 1. The molecule has 0 spiro atoms. The number of amides is 1. The number of methoxy groups -OCH3 is 1. The van der Waals surface area contributed by atoms with E-state index in [0.717, 1.165) is 33.8 Å². The van der Waals surface area contributed by atoms with Gasteiger partial charge < -0.3 is 14.8 Å². The molecule has 0 unspecified atom stereocenters. The molecule has 2 heterocycles. The Bertz CT molecular complexity index is 1060. The maximum Gasteiger partial charge on any atom is 0.407 e. The highest BCUT2D eigenvalue weighted by Crippen LogP contribution is 2.27. The summed E-state index contributed by atoms with van der Waals surface area (Å²) < 4.78 is 12.3. The zero-order valence-corrected chi connectivity index (χ0v) is 18.6. The Hall–Kier alpha value is -3.61. The van der Waals surface area contributed by atoms with Crippen LogP contribution in [0.15, 0.2) is 55.2 Å². The number of pyridine rings is 1. The van der Waals surface area contributed by atoms with Crippen molar-refractivity contribution in [3.05, 3.63) is 66.5 Å². The summed E-state index contributed by atoms with van der Waals surface area (Å²) >= 11 is 0. The topological polar surface area (TPSA) is 78.3 Å².